The van der Waals surface area contributed by atoms with Gasteiger partial charge < -0.3 is 4.57 Å². The van der Waals surface area contributed by atoms with Gasteiger partial charge in [-0.25, -0.2) is 13.4 Å². The van der Waals surface area contributed by atoms with E-state index in [1.165, 1.54) is 23.8 Å². The highest BCUT2D eigenvalue weighted by atomic mass is 32.2. The van der Waals surface area contributed by atoms with Gasteiger partial charge in [-0.2, -0.15) is 13.2 Å². The highest BCUT2D eigenvalue weighted by Gasteiger charge is 2.34. The number of hydrogen-bond acceptors (Lipinski definition) is 5. The van der Waals surface area contributed by atoms with E-state index in [1.54, 1.807) is 20.0 Å². The van der Waals surface area contributed by atoms with Gasteiger partial charge in [-0.1, -0.05) is 18.6 Å². The summed E-state index contributed by atoms with van der Waals surface area (Å²) in [6.45, 7) is 9.78. The Balaban J connectivity index is 2.78. The van der Waals surface area contributed by atoms with Crippen LogP contribution in [0.15, 0.2) is 33.4 Å². The molecule has 30 heavy (non-hydrogen) atoms. The molecule has 0 radical (unpaired) electrons. The van der Waals surface area contributed by atoms with Gasteiger partial charge in [-0.3, -0.25) is 9.98 Å². The molecular weight excluding hydrogens is 417 g/mol. The molecule has 0 amide bonds. The molecule has 0 unspecified atom stereocenters. The summed E-state index contributed by atoms with van der Waals surface area (Å²) in [5.74, 6) is -0.0190. The highest BCUT2D eigenvalue weighted by molar-refractivity contribution is 7.91. The smallest absolute Gasteiger partial charge is 0.329 e. The topological polar surface area (TPSA) is 77.2 Å². The fraction of sp³-hybridized carbons (Fsp3) is 0.350. The summed E-state index contributed by atoms with van der Waals surface area (Å²) < 4.78 is 66.1. The van der Waals surface area contributed by atoms with Gasteiger partial charge in [0.05, 0.1) is 16.3 Å². The van der Waals surface area contributed by atoms with Crippen molar-refractivity contribution >= 4 is 28.7 Å². The Kier molecular flexibility index (Phi) is 6.70. The number of pyridine rings is 1. The normalized spacial score (nSPS) is 12.7. The first-order valence-electron chi connectivity index (χ1n) is 8.98. The molecule has 2 rings (SSSR count). The van der Waals surface area contributed by atoms with Crippen LogP contribution in [0.1, 0.15) is 37.7 Å². The quantitative estimate of drug-likeness (QED) is 0.615. The van der Waals surface area contributed by atoms with Crippen LogP contribution in [-0.2, 0) is 16.9 Å². The van der Waals surface area contributed by atoms with Gasteiger partial charge in [0, 0.05) is 18.9 Å². The van der Waals surface area contributed by atoms with E-state index in [4.69, 9.17) is 0 Å². The minimum absolute atomic E-state index is 0.00208. The lowest BCUT2D eigenvalue weighted by Gasteiger charge is -2.10. The zero-order valence-corrected chi connectivity index (χ0v) is 18.2. The van der Waals surface area contributed by atoms with Crippen LogP contribution in [0, 0.1) is 6.92 Å². The van der Waals surface area contributed by atoms with Crippen LogP contribution in [0.3, 0.4) is 0 Å². The standard InChI is InChI=1S/C20H23F3N4O2S/c1-7-30(28,29)16-9-14(8-12(2)3)11-25-18(16)19-26-15(13(4)27(19)6)10-17(24-5)20(21,22)23/h8-11H,5,7H2,1-4,6H3/b17-10-. The number of aromatic nitrogens is 3. The monoisotopic (exact) mass is 440 g/mol. The van der Waals surface area contributed by atoms with Crippen molar-refractivity contribution in [3.05, 3.63) is 40.5 Å². The van der Waals surface area contributed by atoms with Gasteiger partial charge in [0.2, 0.25) is 0 Å². The third kappa shape index (κ3) is 4.86. The first-order valence-corrected chi connectivity index (χ1v) is 10.6. The summed E-state index contributed by atoms with van der Waals surface area (Å²) in [6, 6.07) is 1.50. The number of allylic oxidation sites excluding steroid dienone is 2. The van der Waals surface area contributed by atoms with E-state index in [9.17, 15) is 21.6 Å². The minimum atomic E-state index is -4.69. The van der Waals surface area contributed by atoms with Crippen LogP contribution in [0.5, 0.6) is 0 Å². The van der Waals surface area contributed by atoms with Crippen molar-refractivity contribution in [2.45, 2.75) is 38.8 Å². The lowest BCUT2D eigenvalue weighted by atomic mass is 10.2. The van der Waals surface area contributed by atoms with Crippen molar-refractivity contribution < 1.29 is 21.6 Å². The number of rotatable bonds is 6. The van der Waals surface area contributed by atoms with Gasteiger partial charge in [0.15, 0.2) is 15.7 Å². The minimum Gasteiger partial charge on any atom is -0.329 e. The molecule has 0 spiro atoms. The molecule has 0 saturated carbocycles. The number of alkyl halides is 3. The Morgan fingerprint density at radius 1 is 1.30 bits per heavy atom. The summed E-state index contributed by atoms with van der Waals surface area (Å²) >= 11 is 0. The van der Waals surface area contributed by atoms with E-state index < -0.39 is 21.7 Å². The van der Waals surface area contributed by atoms with Gasteiger partial charge in [-0.15, -0.1) is 0 Å². The zero-order chi connectivity index (χ0) is 22.9. The second-order valence-electron chi connectivity index (χ2n) is 6.89. The summed E-state index contributed by atoms with van der Waals surface area (Å²) in [5, 5.41) is 0. The van der Waals surface area contributed by atoms with Crippen molar-refractivity contribution in [1.82, 2.24) is 14.5 Å². The second-order valence-corrected chi connectivity index (χ2v) is 9.14. The molecule has 0 aliphatic rings. The Morgan fingerprint density at radius 2 is 1.93 bits per heavy atom. The largest absolute Gasteiger partial charge is 0.433 e. The van der Waals surface area contributed by atoms with Gasteiger partial charge in [0.1, 0.15) is 11.4 Å². The molecule has 2 aromatic rings. The maximum atomic E-state index is 13.0. The van der Waals surface area contributed by atoms with Crippen LogP contribution in [0.2, 0.25) is 0 Å². The molecule has 6 nitrogen and oxygen atoms in total. The number of halogens is 3. The highest BCUT2D eigenvalue weighted by Crippen LogP contribution is 2.31. The number of sulfone groups is 1. The van der Waals surface area contributed by atoms with Crippen molar-refractivity contribution in [1.29, 1.82) is 0 Å². The second kappa shape index (κ2) is 8.55. The van der Waals surface area contributed by atoms with Crippen molar-refractivity contribution in [3.8, 4) is 11.5 Å². The molecular formula is C20H23F3N4O2S. The van der Waals surface area contributed by atoms with Crippen molar-refractivity contribution in [2.24, 2.45) is 12.0 Å². The predicted molar refractivity (Wildman–Crippen MR) is 112 cm³/mol. The molecule has 10 heteroatoms. The van der Waals surface area contributed by atoms with Crippen LogP contribution in [0.4, 0.5) is 13.2 Å². The Bertz CT molecular complexity index is 1140. The first-order chi connectivity index (χ1) is 13.8. The molecule has 0 atom stereocenters. The average Bonchev–Trinajstić information content (AvgIpc) is 2.92. The summed E-state index contributed by atoms with van der Waals surface area (Å²) in [5.41, 5.74) is 0.845. The van der Waals surface area contributed by atoms with E-state index in [0.717, 1.165) is 11.6 Å². The van der Waals surface area contributed by atoms with E-state index in [-0.39, 0.29) is 27.9 Å². The van der Waals surface area contributed by atoms with Gasteiger partial charge >= 0.3 is 6.18 Å². The van der Waals surface area contributed by atoms with E-state index in [1.807, 2.05) is 13.8 Å². The fourth-order valence-corrected chi connectivity index (χ4v) is 3.79. The van der Waals surface area contributed by atoms with Crippen LogP contribution in [0.25, 0.3) is 23.7 Å². The summed E-state index contributed by atoms with van der Waals surface area (Å²) in [6.07, 6.45) is -0.623. The predicted octanol–water partition coefficient (Wildman–Crippen LogP) is 4.61. The number of hydrogen-bond donors (Lipinski definition) is 0. The summed E-state index contributed by atoms with van der Waals surface area (Å²) in [7, 11) is -2.09. The summed E-state index contributed by atoms with van der Waals surface area (Å²) in [4.78, 5) is 11.5. The lowest BCUT2D eigenvalue weighted by Crippen LogP contribution is -2.09. The van der Waals surface area contributed by atoms with E-state index in [2.05, 4.69) is 21.7 Å². The Morgan fingerprint density at radius 3 is 2.43 bits per heavy atom. The number of imidazole rings is 1. The fourth-order valence-electron chi connectivity index (χ4n) is 2.73. The first kappa shape index (κ1) is 23.5. The molecule has 0 aliphatic carbocycles. The van der Waals surface area contributed by atoms with E-state index in [0.29, 0.717) is 11.3 Å². The van der Waals surface area contributed by atoms with Crippen LogP contribution < -0.4 is 0 Å². The molecule has 0 aromatic carbocycles. The molecule has 2 aromatic heterocycles. The lowest BCUT2D eigenvalue weighted by molar-refractivity contribution is -0.0912. The average molecular weight is 440 g/mol. The molecule has 0 N–H and O–H groups in total. The molecule has 162 valence electrons. The maximum Gasteiger partial charge on any atom is 0.433 e. The van der Waals surface area contributed by atoms with Crippen molar-refractivity contribution in [3.63, 3.8) is 0 Å². The molecule has 2 heterocycles. The molecule has 0 fully saturated rings. The van der Waals surface area contributed by atoms with Crippen LogP contribution in [-0.4, -0.2) is 41.6 Å². The third-order valence-corrected chi connectivity index (χ3v) is 6.15. The van der Waals surface area contributed by atoms with Crippen LogP contribution >= 0.6 is 0 Å². The number of aliphatic imine (C=N–C) groups is 1. The van der Waals surface area contributed by atoms with Crippen molar-refractivity contribution in [2.75, 3.05) is 5.75 Å². The SMILES string of the molecule is C=N/C(=C\c1nc(-c2ncc(C=C(C)C)cc2S(=O)(=O)CC)n(C)c1C)C(F)(F)F. The number of nitrogens with zero attached hydrogens (tertiary/aromatic N) is 4. The Hall–Kier alpha value is -2.75. The van der Waals surface area contributed by atoms with E-state index >= 15 is 0 Å². The maximum absolute atomic E-state index is 13.0. The third-order valence-electron chi connectivity index (χ3n) is 4.41. The molecule has 0 bridgehead atoms. The molecule has 0 saturated heterocycles. The zero-order valence-electron chi connectivity index (χ0n) is 17.4. The molecule has 0 aliphatic heterocycles. The Labute approximate surface area is 173 Å². The van der Waals surface area contributed by atoms with Gasteiger partial charge in [-0.05, 0) is 45.2 Å². The van der Waals surface area contributed by atoms with Gasteiger partial charge in [0.25, 0.3) is 0 Å².